The number of H-pyrrole nitrogens is 1. The van der Waals surface area contributed by atoms with Gasteiger partial charge in [-0.15, -0.1) is 0 Å². The maximum absolute atomic E-state index is 11.7. The third kappa shape index (κ3) is 3.84. The summed E-state index contributed by atoms with van der Waals surface area (Å²) >= 11 is 0. The number of amides is 1. The normalized spacial score (nSPS) is 12.5. The minimum atomic E-state index is 0.0603. The summed E-state index contributed by atoms with van der Waals surface area (Å²) in [5.74, 6) is 0.178. The molecule has 0 aliphatic rings. The Labute approximate surface area is 119 Å². The Balaban J connectivity index is 1.77. The van der Waals surface area contributed by atoms with Gasteiger partial charge in [-0.1, -0.05) is 25.1 Å². The SMILES string of the molecule is CC(CO)CNC(=O)CCCc1c[nH]c2ccccc12. The Morgan fingerprint density at radius 3 is 3.00 bits per heavy atom. The largest absolute Gasteiger partial charge is 0.396 e. The van der Waals surface area contributed by atoms with Crippen LogP contribution in [0.5, 0.6) is 0 Å². The molecular formula is C16H22N2O2. The summed E-state index contributed by atoms with van der Waals surface area (Å²) in [6.45, 7) is 2.56. The molecule has 0 spiro atoms. The molecule has 4 nitrogen and oxygen atoms in total. The number of aryl methyl sites for hydroxylation is 1. The van der Waals surface area contributed by atoms with Gasteiger partial charge in [0, 0.05) is 36.7 Å². The number of carbonyl (C=O) groups excluding carboxylic acids is 1. The number of fused-ring (bicyclic) bond motifs is 1. The van der Waals surface area contributed by atoms with Gasteiger partial charge in [0.1, 0.15) is 0 Å². The van der Waals surface area contributed by atoms with Crippen LogP contribution in [0.2, 0.25) is 0 Å². The molecule has 0 saturated heterocycles. The van der Waals surface area contributed by atoms with Crippen LogP contribution in [0, 0.1) is 5.92 Å². The van der Waals surface area contributed by atoms with Gasteiger partial charge in [0.05, 0.1) is 0 Å². The Bertz CT molecular complexity index is 562. The second-order valence-corrected chi connectivity index (χ2v) is 5.30. The van der Waals surface area contributed by atoms with Crippen molar-refractivity contribution >= 4 is 16.8 Å². The van der Waals surface area contributed by atoms with E-state index in [1.165, 1.54) is 10.9 Å². The van der Waals surface area contributed by atoms with Gasteiger partial charge < -0.3 is 15.4 Å². The Kier molecular flexibility index (Phi) is 5.18. The molecule has 1 aromatic heterocycles. The molecule has 0 radical (unpaired) electrons. The van der Waals surface area contributed by atoms with Crippen LogP contribution >= 0.6 is 0 Å². The fourth-order valence-electron chi connectivity index (χ4n) is 2.22. The van der Waals surface area contributed by atoms with Crippen molar-refractivity contribution in [2.75, 3.05) is 13.2 Å². The number of benzene rings is 1. The van der Waals surface area contributed by atoms with Gasteiger partial charge in [0.25, 0.3) is 0 Å². The van der Waals surface area contributed by atoms with Gasteiger partial charge in [-0.25, -0.2) is 0 Å². The van der Waals surface area contributed by atoms with Crippen LogP contribution in [-0.4, -0.2) is 29.1 Å². The molecule has 2 aromatic rings. The maximum atomic E-state index is 11.7. The van der Waals surface area contributed by atoms with Crippen molar-refractivity contribution < 1.29 is 9.90 Å². The van der Waals surface area contributed by atoms with Crippen molar-refractivity contribution in [3.8, 4) is 0 Å². The number of nitrogens with one attached hydrogen (secondary N) is 2. The molecule has 0 aliphatic carbocycles. The molecule has 0 fully saturated rings. The lowest BCUT2D eigenvalue weighted by Crippen LogP contribution is -2.29. The molecule has 0 bridgehead atoms. The monoisotopic (exact) mass is 274 g/mol. The Hall–Kier alpha value is -1.81. The van der Waals surface area contributed by atoms with Crippen molar-refractivity contribution in [3.05, 3.63) is 36.0 Å². The van der Waals surface area contributed by atoms with Gasteiger partial charge in [-0.2, -0.15) is 0 Å². The zero-order valence-electron chi connectivity index (χ0n) is 11.9. The highest BCUT2D eigenvalue weighted by Crippen LogP contribution is 2.19. The first-order valence-corrected chi connectivity index (χ1v) is 7.13. The molecule has 1 unspecified atom stereocenters. The molecular weight excluding hydrogens is 252 g/mol. The van der Waals surface area contributed by atoms with E-state index in [1.54, 1.807) is 0 Å². The van der Waals surface area contributed by atoms with E-state index in [2.05, 4.69) is 22.4 Å². The molecule has 1 amide bonds. The highest BCUT2D eigenvalue weighted by molar-refractivity contribution is 5.83. The lowest BCUT2D eigenvalue weighted by atomic mass is 10.1. The quantitative estimate of drug-likeness (QED) is 0.725. The predicted molar refractivity (Wildman–Crippen MR) is 80.5 cm³/mol. The zero-order chi connectivity index (χ0) is 14.4. The number of carbonyl (C=O) groups is 1. The van der Waals surface area contributed by atoms with Gasteiger partial charge in [-0.3, -0.25) is 4.79 Å². The van der Waals surface area contributed by atoms with Gasteiger partial charge >= 0.3 is 0 Å². The van der Waals surface area contributed by atoms with Crippen molar-refractivity contribution in [2.24, 2.45) is 5.92 Å². The van der Waals surface area contributed by atoms with Gasteiger partial charge in [-0.05, 0) is 30.4 Å². The van der Waals surface area contributed by atoms with Crippen LogP contribution in [0.4, 0.5) is 0 Å². The van der Waals surface area contributed by atoms with Crippen molar-refractivity contribution in [3.63, 3.8) is 0 Å². The topological polar surface area (TPSA) is 65.1 Å². The number of hydrogen-bond donors (Lipinski definition) is 3. The minimum absolute atomic E-state index is 0.0603. The molecule has 4 heteroatoms. The Morgan fingerprint density at radius 2 is 2.20 bits per heavy atom. The molecule has 20 heavy (non-hydrogen) atoms. The van der Waals surface area contributed by atoms with E-state index in [1.807, 2.05) is 25.3 Å². The fraction of sp³-hybridized carbons (Fsp3) is 0.438. The van der Waals surface area contributed by atoms with Crippen molar-refractivity contribution in [2.45, 2.75) is 26.2 Å². The predicted octanol–water partition coefficient (Wildman–Crippen LogP) is 2.24. The van der Waals surface area contributed by atoms with E-state index < -0.39 is 0 Å². The summed E-state index contributed by atoms with van der Waals surface area (Å²) in [5, 5.41) is 13.0. The number of para-hydroxylation sites is 1. The number of aromatic amines is 1. The molecule has 3 N–H and O–H groups in total. The first-order valence-electron chi connectivity index (χ1n) is 7.13. The lowest BCUT2D eigenvalue weighted by Gasteiger charge is -2.09. The maximum Gasteiger partial charge on any atom is 0.220 e. The van der Waals surface area contributed by atoms with E-state index in [4.69, 9.17) is 5.11 Å². The first kappa shape index (κ1) is 14.6. The Morgan fingerprint density at radius 1 is 1.40 bits per heavy atom. The summed E-state index contributed by atoms with van der Waals surface area (Å²) in [6.07, 6.45) is 4.28. The molecule has 1 atom stereocenters. The second-order valence-electron chi connectivity index (χ2n) is 5.30. The first-order chi connectivity index (χ1) is 9.70. The van der Waals surface area contributed by atoms with Crippen LogP contribution in [0.3, 0.4) is 0 Å². The third-order valence-electron chi connectivity index (χ3n) is 3.48. The minimum Gasteiger partial charge on any atom is -0.396 e. The number of aliphatic hydroxyl groups is 1. The lowest BCUT2D eigenvalue weighted by molar-refractivity contribution is -0.121. The van der Waals surface area contributed by atoms with Crippen LogP contribution in [0.1, 0.15) is 25.3 Å². The van der Waals surface area contributed by atoms with Gasteiger partial charge in [0.15, 0.2) is 0 Å². The van der Waals surface area contributed by atoms with Crippen LogP contribution < -0.4 is 5.32 Å². The molecule has 0 saturated carbocycles. The van der Waals surface area contributed by atoms with Crippen LogP contribution in [0.15, 0.2) is 30.5 Å². The summed E-state index contributed by atoms with van der Waals surface area (Å²) in [5.41, 5.74) is 2.40. The average Bonchev–Trinajstić information content (AvgIpc) is 2.88. The van der Waals surface area contributed by atoms with E-state index in [0.717, 1.165) is 18.4 Å². The van der Waals surface area contributed by atoms with Gasteiger partial charge in [0.2, 0.25) is 5.91 Å². The summed E-state index contributed by atoms with van der Waals surface area (Å²) in [4.78, 5) is 14.9. The van der Waals surface area contributed by atoms with Crippen LogP contribution in [-0.2, 0) is 11.2 Å². The molecule has 1 heterocycles. The van der Waals surface area contributed by atoms with Crippen molar-refractivity contribution in [1.82, 2.24) is 10.3 Å². The average molecular weight is 274 g/mol. The molecule has 0 aliphatic heterocycles. The van der Waals surface area contributed by atoms with E-state index >= 15 is 0 Å². The molecule has 108 valence electrons. The van der Waals surface area contributed by atoms with E-state index in [-0.39, 0.29) is 18.4 Å². The highest BCUT2D eigenvalue weighted by Gasteiger charge is 2.06. The number of rotatable bonds is 7. The van der Waals surface area contributed by atoms with E-state index in [9.17, 15) is 4.79 Å². The van der Waals surface area contributed by atoms with E-state index in [0.29, 0.717) is 13.0 Å². The summed E-state index contributed by atoms with van der Waals surface area (Å²) in [6, 6.07) is 8.20. The second kappa shape index (κ2) is 7.10. The summed E-state index contributed by atoms with van der Waals surface area (Å²) < 4.78 is 0. The molecule has 1 aromatic carbocycles. The highest BCUT2D eigenvalue weighted by atomic mass is 16.3. The standard InChI is InChI=1S/C16H22N2O2/c1-12(11-19)9-18-16(20)8-4-5-13-10-17-15-7-3-2-6-14(13)15/h2-3,6-7,10,12,17,19H,4-5,8-9,11H2,1H3,(H,18,20). The number of hydrogen-bond acceptors (Lipinski definition) is 2. The zero-order valence-corrected chi connectivity index (χ0v) is 11.9. The third-order valence-corrected chi connectivity index (χ3v) is 3.48. The number of aliphatic hydroxyl groups excluding tert-OH is 1. The number of aromatic nitrogens is 1. The fourth-order valence-corrected chi connectivity index (χ4v) is 2.22. The summed E-state index contributed by atoms with van der Waals surface area (Å²) in [7, 11) is 0. The smallest absolute Gasteiger partial charge is 0.220 e. The van der Waals surface area contributed by atoms with Crippen LogP contribution in [0.25, 0.3) is 10.9 Å². The molecule has 2 rings (SSSR count). The van der Waals surface area contributed by atoms with Crippen molar-refractivity contribution in [1.29, 1.82) is 0 Å².